The Bertz CT molecular complexity index is 994. The normalized spacial score (nSPS) is 25.3. The SMILES string of the molecule is COc1cc([C@H]2[C@H]3CN(C)CC=C3[C@@H](C#N)C(=N)C2(C#N)C#N)ccc1OC(C)C. The van der Waals surface area contributed by atoms with Crippen LogP contribution < -0.4 is 9.47 Å². The van der Waals surface area contributed by atoms with Gasteiger partial charge in [-0.2, -0.15) is 15.8 Å². The average molecular weight is 403 g/mol. The Labute approximate surface area is 177 Å². The zero-order chi connectivity index (χ0) is 22.1. The smallest absolute Gasteiger partial charge is 0.189 e. The van der Waals surface area contributed by atoms with E-state index < -0.39 is 17.3 Å². The zero-order valence-electron chi connectivity index (χ0n) is 17.6. The van der Waals surface area contributed by atoms with E-state index in [4.69, 9.17) is 14.9 Å². The van der Waals surface area contributed by atoms with Crippen LogP contribution in [-0.4, -0.2) is 44.0 Å². The van der Waals surface area contributed by atoms with Crippen molar-refractivity contribution in [2.24, 2.45) is 17.3 Å². The number of fused-ring (bicyclic) bond motifs is 1. The van der Waals surface area contributed by atoms with Crippen LogP contribution in [0.15, 0.2) is 29.8 Å². The fourth-order valence-electron chi connectivity index (χ4n) is 4.56. The maximum absolute atomic E-state index is 10.1. The van der Waals surface area contributed by atoms with E-state index in [9.17, 15) is 15.8 Å². The highest BCUT2D eigenvalue weighted by molar-refractivity contribution is 6.00. The van der Waals surface area contributed by atoms with Gasteiger partial charge in [-0.15, -0.1) is 0 Å². The molecule has 1 aliphatic carbocycles. The Hall–Kier alpha value is -3.34. The second kappa shape index (κ2) is 8.19. The number of hydrogen-bond acceptors (Lipinski definition) is 7. The number of hydrogen-bond donors (Lipinski definition) is 1. The van der Waals surface area contributed by atoms with Crippen molar-refractivity contribution in [2.75, 3.05) is 27.2 Å². The fourth-order valence-corrected chi connectivity index (χ4v) is 4.56. The van der Waals surface area contributed by atoms with E-state index in [1.807, 2.05) is 33.0 Å². The van der Waals surface area contributed by atoms with Crippen molar-refractivity contribution in [3.05, 3.63) is 35.4 Å². The summed E-state index contributed by atoms with van der Waals surface area (Å²) in [6.45, 7) is 5.10. The third-order valence-corrected chi connectivity index (χ3v) is 5.88. The summed E-state index contributed by atoms with van der Waals surface area (Å²) in [7, 11) is 3.51. The molecule has 154 valence electrons. The fraction of sp³-hybridized carbons (Fsp3) is 0.478. The molecule has 0 saturated heterocycles. The van der Waals surface area contributed by atoms with Gasteiger partial charge >= 0.3 is 0 Å². The number of rotatable bonds is 4. The van der Waals surface area contributed by atoms with Gasteiger partial charge in [0.15, 0.2) is 16.9 Å². The van der Waals surface area contributed by atoms with Crippen molar-refractivity contribution in [1.82, 2.24) is 4.90 Å². The molecule has 0 radical (unpaired) electrons. The maximum Gasteiger partial charge on any atom is 0.189 e. The van der Waals surface area contributed by atoms with Gasteiger partial charge in [0.05, 0.1) is 37.1 Å². The lowest BCUT2D eigenvalue weighted by molar-refractivity contribution is 0.227. The molecule has 30 heavy (non-hydrogen) atoms. The number of likely N-dealkylation sites (N-methyl/N-ethyl adjacent to an activating group) is 1. The molecule has 0 unspecified atom stereocenters. The Morgan fingerprint density at radius 1 is 1.20 bits per heavy atom. The molecule has 3 atom stereocenters. The lowest BCUT2D eigenvalue weighted by Gasteiger charge is -2.47. The van der Waals surface area contributed by atoms with Gasteiger partial charge in [-0.3, -0.25) is 0 Å². The minimum Gasteiger partial charge on any atom is -0.493 e. The molecule has 0 bridgehead atoms. The minimum absolute atomic E-state index is 0.0390. The molecule has 7 nitrogen and oxygen atoms in total. The van der Waals surface area contributed by atoms with E-state index in [2.05, 4.69) is 23.1 Å². The summed E-state index contributed by atoms with van der Waals surface area (Å²) in [5, 5.41) is 38.6. The van der Waals surface area contributed by atoms with E-state index in [0.29, 0.717) is 24.6 Å². The van der Waals surface area contributed by atoms with E-state index in [0.717, 1.165) is 11.1 Å². The summed E-state index contributed by atoms with van der Waals surface area (Å²) >= 11 is 0. The molecular weight excluding hydrogens is 378 g/mol. The van der Waals surface area contributed by atoms with E-state index >= 15 is 0 Å². The van der Waals surface area contributed by atoms with Crippen molar-refractivity contribution in [2.45, 2.75) is 25.9 Å². The summed E-state index contributed by atoms with van der Waals surface area (Å²) in [5.74, 6) is -0.601. The van der Waals surface area contributed by atoms with Crippen LogP contribution >= 0.6 is 0 Å². The lowest BCUT2D eigenvalue weighted by atomic mass is 9.54. The first-order chi connectivity index (χ1) is 14.3. The van der Waals surface area contributed by atoms with E-state index in [1.54, 1.807) is 19.2 Å². The van der Waals surface area contributed by atoms with Crippen LogP contribution in [0.25, 0.3) is 0 Å². The molecule has 2 aliphatic rings. The third kappa shape index (κ3) is 3.30. The van der Waals surface area contributed by atoms with Crippen LogP contribution in [0.1, 0.15) is 25.3 Å². The predicted molar refractivity (Wildman–Crippen MR) is 111 cm³/mol. The van der Waals surface area contributed by atoms with Gasteiger partial charge in [0.2, 0.25) is 0 Å². The van der Waals surface area contributed by atoms with E-state index in [-0.39, 0.29) is 17.7 Å². The summed E-state index contributed by atoms with van der Waals surface area (Å²) in [5.41, 5.74) is -0.327. The number of benzene rings is 1. The topological polar surface area (TPSA) is 117 Å². The highest BCUT2D eigenvalue weighted by atomic mass is 16.5. The Morgan fingerprint density at radius 3 is 2.47 bits per heavy atom. The maximum atomic E-state index is 10.1. The molecule has 1 heterocycles. The monoisotopic (exact) mass is 403 g/mol. The number of methoxy groups -OCH3 is 1. The molecular formula is C23H25N5O2. The first-order valence-corrected chi connectivity index (χ1v) is 9.87. The van der Waals surface area contributed by atoms with Gasteiger partial charge in [-0.1, -0.05) is 12.1 Å². The molecule has 1 aromatic rings. The quantitative estimate of drug-likeness (QED) is 0.771. The first-order valence-electron chi connectivity index (χ1n) is 9.87. The summed E-state index contributed by atoms with van der Waals surface area (Å²) in [4.78, 5) is 2.09. The highest BCUT2D eigenvalue weighted by Crippen LogP contribution is 2.54. The standard InChI is InChI=1S/C23H25N5O2/c1-14(2)30-19-6-5-15(9-20(19)29-4)21-18-11-28(3)8-7-16(18)17(10-24)22(27)23(21,12-25)13-26/h5-7,9,14,17-18,21,27H,8,11H2,1-4H3/t17-,18+,21+/m1/s1. The molecule has 0 spiro atoms. The molecule has 1 saturated carbocycles. The first kappa shape index (κ1) is 21.4. The van der Waals surface area contributed by atoms with Crippen molar-refractivity contribution in [1.29, 1.82) is 21.2 Å². The van der Waals surface area contributed by atoms with Gasteiger partial charge in [-0.25, -0.2) is 0 Å². The number of nitrogens with one attached hydrogen (secondary N) is 1. The molecule has 3 rings (SSSR count). The average Bonchev–Trinajstić information content (AvgIpc) is 2.73. The molecule has 1 aliphatic heterocycles. The Morgan fingerprint density at radius 2 is 1.90 bits per heavy atom. The van der Waals surface area contributed by atoms with Crippen molar-refractivity contribution in [3.8, 4) is 29.7 Å². The molecule has 7 heteroatoms. The lowest BCUT2D eigenvalue weighted by Crippen LogP contribution is -2.52. The van der Waals surface area contributed by atoms with Crippen LogP contribution in [0.2, 0.25) is 0 Å². The molecule has 0 amide bonds. The second-order valence-corrected chi connectivity index (χ2v) is 8.09. The zero-order valence-corrected chi connectivity index (χ0v) is 17.6. The van der Waals surface area contributed by atoms with Gasteiger partial charge in [0.1, 0.15) is 5.92 Å². The van der Waals surface area contributed by atoms with Gasteiger partial charge in [-0.05, 0) is 44.2 Å². The number of nitrogens with zero attached hydrogens (tertiary/aromatic N) is 4. The van der Waals surface area contributed by atoms with Gasteiger partial charge in [0.25, 0.3) is 0 Å². The summed E-state index contributed by atoms with van der Waals surface area (Å²) < 4.78 is 11.3. The van der Waals surface area contributed by atoms with Gasteiger partial charge < -0.3 is 19.8 Å². The molecule has 1 aromatic carbocycles. The molecule has 1 fully saturated rings. The van der Waals surface area contributed by atoms with Crippen LogP contribution in [0.5, 0.6) is 11.5 Å². The summed E-state index contributed by atoms with van der Waals surface area (Å²) in [6.07, 6.45) is 1.93. The van der Waals surface area contributed by atoms with Crippen LogP contribution in [-0.2, 0) is 0 Å². The predicted octanol–water partition coefficient (Wildman–Crippen LogP) is 3.26. The Kier molecular flexibility index (Phi) is 5.83. The summed E-state index contributed by atoms with van der Waals surface area (Å²) in [6, 6.07) is 11.8. The minimum atomic E-state index is -1.73. The highest BCUT2D eigenvalue weighted by Gasteiger charge is 2.57. The van der Waals surface area contributed by atoms with Crippen molar-refractivity contribution >= 4 is 5.71 Å². The van der Waals surface area contributed by atoms with Crippen molar-refractivity contribution < 1.29 is 9.47 Å². The Balaban J connectivity index is 2.22. The van der Waals surface area contributed by atoms with Crippen molar-refractivity contribution in [3.63, 3.8) is 0 Å². The number of nitriles is 3. The van der Waals surface area contributed by atoms with E-state index in [1.165, 1.54) is 0 Å². The largest absolute Gasteiger partial charge is 0.493 e. The third-order valence-electron chi connectivity index (χ3n) is 5.88. The van der Waals surface area contributed by atoms with Crippen LogP contribution in [0, 0.1) is 56.7 Å². The van der Waals surface area contributed by atoms with Crippen LogP contribution in [0.4, 0.5) is 0 Å². The van der Waals surface area contributed by atoms with Crippen LogP contribution in [0.3, 0.4) is 0 Å². The molecule has 1 N–H and O–H groups in total. The van der Waals surface area contributed by atoms with Gasteiger partial charge in [0, 0.05) is 24.9 Å². The second-order valence-electron chi connectivity index (χ2n) is 8.09. The molecule has 0 aromatic heterocycles. The number of ether oxygens (including phenoxy) is 2.